The minimum absolute atomic E-state index is 0.0255. The quantitative estimate of drug-likeness (QED) is 0.652. The number of ether oxygens (including phenoxy) is 1. The van der Waals surface area contributed by atoms with E-state index < -0.39 is 4.92 Å². The lowest BCUT2D eigenvalue weighted by molar-refractivity contribution is -0.385. The topological polar surface area (TPSA) is 77.3 Å². The number of nitrogens with one attached hydrogen (secondary N) is 1. The minimum Gasteiger partial charge on any atom is -0.487 e. The normalized spacial score (nSPS) is 10.3. The van der Waals surface area contributed by atoms with Gasteiger partial charge in [-0.15, -0.1) is 11.3 Å². The van der Waals surface area contributed by atoms with Crippen molar-refractivity contribution < 1.29 is 9.66 Å². The lowest BCUT2D eigenvalue weighted by Crippen LogP contribution is -2.01. The molecule has 0 aliphatic carbocycles. The summed E-state index contributed by atoms with van der Waals surface area (Å²) in [4.78, 5) is 15.8. The van der Waals surface area contributed by atoms with E-state index in [4.69, 9.17) is 4.74 Å². The zero-order valence-corrected chi connectivity index (χ0v) is 12.1. The highest BCUT2D eigenvalue weighted by Crippen LogP contribution is 2.30. The number of thiazole rings is 1. The van der Waals surface area contributed by atoms with Gasteiger partial charge in [0, 0.05) is 28.9 Å². The lowest BCUT2D eigenvalue weighted by atomic mass is 10.2. The van der Waals surface area contributed by atoms with Gasteiger partial charge < -0.3 is 10.1 Å². The van der Waals surface area contributed by atoms with Crippen molar-refractivity contribution in [1.29, 1.82) is 0 Å². The summed E-state index contributed by atoms with van der Waals surface area (Å²) < 4.78 is 5.30. The summed E-state index contributed by atoms with van der Waals surface area (Å²) in [5.74, 6) is 0.276. The van der Waals surface area contributed by atoms with Crippen LogP contribution < -0.4 is 10.1 Å². The average molecular weight is 293 g/mol. The Kier molecular flexibility index (Phi) is 4.52. The second-order valence-corrected chi connectivity index (χ2v) is 5.41. The fourth-order valence-corrected chi connectivity index (χ4v) is 2.43. The van der Waals surface area contributed by atoms with Crippen LogP contribution in [0.1, 0.15) is 16.8 Å². The molecule has 0 saturated heterocycles. The zero-order valence-electron chi connectivity index (χ0n) is 11.3. The van der Waals surface area contributed by atoms with Crippen LogP contribution in [0.15, 0.2) is 24.4 Å². The maximum absolute atomic E-state index is 10.9. The molecule has 1 heterocycles. The van der Waals surface area contributed by atoms with E-state index in [9.17, 15) is 10.1 Å². The summed E-state index contributed by atoms with van der Waals surface area (Å²) in [5, 5.41) is 15.0. The van der Waals surface area contributed by atoms with Crippen molar-refractivity contribution in [1.82, 2.24) is 4.98 Å². The highest BCUT2D eigenvalue weighted by Gasteiger charge is 2.15. The van der Waals surface area contributed by atoms with Gasteiger partial charge in [0.1, 0.15) is 5.01 Å². The van der Waals surface area contributed by atoms with E-state index in [1.54, 1.807) is 30.4 Å². The van der Waals surface area contributed by atoms with Gasteiger partial charge in [-0.25, -0.2) is 4.98 Å². The van der Waals surface area contributed by atoms with Crippen LogP contribution in [0.3, 0.4) is 0 Å². The van der Waals surface area contributed by atoms with Gasteiger partial charge in [0.05, 0.1) is 18.1 Å². The van der Waals surface area contributed by atoms with Crippen molar-refractivity contribution in [2.75, 3.05) is 11.9 Å². The van der Waals surface area contributed by atoms with Gasteiger partial charge in [0.25, 0.3) is 0 Å². The van der Waals surface area contributed by atoms with E-state index in [1.807, 2.05) is 13.1 Å². The molecule has 0 saturated carbocycles. The van der Waals surface area contributed by atoms with Gasteiger partial charge in [-0.1, -0.05) is 0 Å². The molecule has 6 nitrogen and oxygen atoms in total. The van der Waals surface area contributed by atoms with Crippen molar-refractivity contribution in [3.8, 4) is 5.75 Å². The third-order valence-electron chi connectivity index (χ3n) is 2.57. The van der Waals surface area contributed by atoms with Crippen molar-refractivity contribution in [3.63, 3.8) is 0 Å². The molecule has 0 amide bonds. The summed E-state index contributed by atoms with van der Waals surface area (Å²) in [6.07, 6.45) is 1.82. The van der Waals surface area contributed by atoms with Gasteiger partial charge in [-0.3, -0.25) is 10.1 Å². The van der Waals surface area contributed by atoms with E-state index in [-0.39, 0.29) is 11.4 Å². The molecular formula is C13H15N3O3S. The molecule has 2 rings (SSSR count). The van der Waals surface area contributed by atoms with E-state index in [0.717, 1.165) is 15.6 Å². The third-order valence-corrected chi connectivity index (χ3v) is 3.48. The van der Waals surface area contributed by atoms with Crippen LogP contribution in [0.25, 0.3) is 0 Å². The Balaban J connectivity index is 2.12. The Morgan fingerprint density at radius 3 is 2.90 bits per heavy atom. The first kappa shape index (κ1) is 14.3. The predicted molar refractivity (Wildman–Crippen MR) is 78.4 cm³/mol. The van der Waals surface area contributed by atoms with Gasteiger partial charge in [0.15, 0.2) is 5.75 Å². The number of benzene rings is 1. The number of nitro benzene ring substituents is 1. The van der Waals surface area contributed by atoms with Crippen molar-refractivity contribution >= 4 is 22.7 Å². The SMILES string of the molecule is CCOc1cc(NCc2ncc(C)s2)ccc1[N+](=O)[O-]. The van der Waals surface area contributed by atoms with Gasteiger partial charge in [-0.05, 0) is 19.9 Å². The number of aryl methyl sites for hydroxylation is 1. The second-order valence-electron chi connectivity index (χ2n) is 4.09. The molecule has 7 heteroatoms. The maximum Gasteiger partial charge on any atom is 0.311 e. The molecule has 0 aliphatic heterocycles. The number of nitro groups is 1. The smallest absolute Gasteiger partial charge is 0.311 e. The third kappa shape index (κ3) is 3.45. The van der Waals surface area contributed by atoms with Gasteiger partial charge >= 0.3 is 5.69 Å². The first-order valence-electron chi connectivity index (χ1n) is 6.16. The lowest BCUT2D eigenvalue weighted by Gasteiger charge is -2.08. The molecule has 106 valence electrons. The fraction of sp³-hybridized carbons (Fsp3) is 0.308. The Hall–Kier alpha value is -2.15. The molecule has 1 aromatic heterocycles. The molecule has 0 bridgehead atoms. The first-order chi connectivity index (χ1) is 9.60. The Morgan fingerprint density at radius 2 is 2.30 bits per heavy atom. The fourth-order valence-electron chi connectivity index (χ4n) is 1.71. The van der Waals surface area contributed by atoms with Crippen LogP contribution in [0, 0.1) is 17.0 Å². The highest BCUT2D eigenvalue weighted by molar-refractivity contribution is 7.11. The summed E-state index contributed by atoms with van der Waals surface area (Å²) in [6.45, 7) is 4.76. The zero-order chi connectivity index (χ0) is 14.5. The van der Waals surface area contributed by atoms with E-state index in [0.29, 0.717) is 13.2 Å². The highest BCUT2D eigenvalue weighted by atomic mass is 32.1. The van der Waals surface area contributed by atoms with E-state index >= 15 is 0 Å². The first-order valence-corrected chi connectivity index (χ1v) is 6.98. The molecule has 0 fully saturated rings. The Labute approximate surface area is 120 Å². The van der Waals surface area contributed by atoms with Gasteiger partial charge in [-0.2, -0.15) is 0 Å². The van der Waals surface area contributed by atoms with Gasteiger partial charge in [0.2, 0.25) is 0 Å². The number of hydrogen-bond acceptors (Lipinski definition) is 6. The summed E-state index contributed by atoms with van der Waals surface area (Å²) in [6, 6.07) is 4.75. The monoisotopic (exact) mass is 293 g/mol. The van der Waals surface area contributed by atoms with E-state index in [1.165, 1.54) is 6.07 Å². The molecule has 0 spiro atoms. The second kappa shape index (κ2) is 6.33. The van der Waals surface area contributed by atoms with Crippen molar-refractivity contribution in [2.24, 2.45) is 0 Å². The van der Waals surface area contributed by atoms with Crippen LogP contribution in [0.5, 0.6) is 5.75 Å². The van der Waals surface area contributed by atoms with Crippen LogP contribution in [0.2, 0.25) is 0 Å². The number of aromatic nitrogens is 1. The summed E-state index contributed by atoms with van der Waals surface area (Å²) in [5.41, 5.74) is 0.745. The molecular weight excluding hydrogens is 278 g/mol. The number of nitrogens with zero attached hydrogens (tertiary/aromatic N) is 2. The molecule has 1 aromatic carbocycles. The van der Waals surface area contributed by atoms with Crippen LogP contribution >= 0.6 is 11.3 Å². The molecule has 20 heavy (non-hydrogen) atoms. The molecule has 2 aromatic rings. The van der Waals surface area contributed by atoms with Crippen LogP contribution in [-0.2, 0) is 6.54 Å². The summed E-state index contributed by atoms with van der Waals surface area (Å²) in [7, 11) is 0. The maximum atomic E-state index is 10.9. The Bertz CT molecular complexity index is 613. The van der Waals surface area contributed by atoms with E-state index in [2.05, 4.69) is 10.3 Å². The van der Waals surface area contributed by atoms with Crippen LogP contribution in [-0.4, -0.2) is 16.5 Å². The minimum atomic E-state index is -0.445. The molecule has 0 aliphatic rings. The van der Waals surface area contributed by atoms with Crippen molar-refractivity contribution in [2.45, 2.75) is 20.4 Å². The average Bonchev–Trinajstić information content (AvgIpc) is 2.82. The number of hydrogen-bond donors (Lipinski definition) is 1. The molecule has 0 atom stereocenters. The largest absolute Gasteiger partial charge is 0.487 e. The predicted octanol–water partition coefficient (Wildman–Crippen LogP) is 3.37. The number of rotatable bonds is 6. The molecule has 0 unspecified atom stereocenters. The van der Waals surface area contributed by atoms with Crippen molar-refractivity contribution in [3.05, 3.63) is 44.4 Å². The molecule has 0 radical (unpaired) electrons. The van der Waals surface area contributed by atoms with Crippen LogP contribution in [0.4, 0.5) is 11.4 Å². The Morgan fingerprint density at radius 1 is 1.50 bits per heavy atom. The molecule has 1 N–H and O–H groups in total. The number of anilines is 1. The standard InChI is InChI=1S/C13H15N3O3S/c1-3-19-12-6-10(4-5-11(12)16(17)18)14-8-13-15-7-9(2)20-13/h4-7,14H,3,8H2,1-2H3. The summed E-state index contributed by atoms with van der Waals surface area (Å²) >= 11 is 1.62.